The van der Waals surface area contributed by atoms with Gasteiger partial charge in [0.15, 0.2) is 0 Å². The molecule has 6 nitrogen and oxygen atoms in total. The molecule has 0 unspecified atom stereocenters. The maximum atomic E-state index is 12.7. The van der Waals surface area contributed by atoms with E-state index in [2.05, 4.69) is 10.6 Å². The summed E-state index contributed by atoms with van der Waals surface area (Å²) in [4.78, 5) is 25.3. The summed E-state index contributed by atoms with van der Waals surface area (Å²) in [5.41, 5.74) is 2.94. The molecular formula is C23H19N3O3. The molecule has 0 saturated carbocycles. The molecule has 0 heterocycles. The highest BCUT2D eigenvalue weighted by molar-refractivity contribution is 6.09. The number of nitrogens with one attached hydrogen (secondary N) is 2. The number of benzene rings is 3. The molecule has 0 aliphatic carbocycles. The number of nitriles is 1. The Bertz CT molecular complexity index is 1120. The Hall–Kier alpha value is -4.11. The fraction of sp³-hybridized carbons (Fsp3) is 0.0870. The van der Waals surface area contributed by atoms with Crippen LogP contribution in [-0.2, 0) is 0 Å². The van der Waals surface area contributed by atoms with Gasteiger partial charge in [0.1, 0.15) is 11.8 Å². The number of hydrogen-bond donors (Lipinski definition) is 2. The van der Waals surface area contributed by atoms with Crippen LogP contribution in [0.4, 0.5) is 11.4 Å². The number of anilines is 2. The van der Waals surface area contributed by atoms with Crippen molar-refractivity contribution in [3.05, 3.63) is 89.0 Å². The van der Waals surface area contributed by atoms with Crippen molar-refractivity contribution in [1.29, 1.82) is 5.26 Å². The van der Waals surface area contributed by atoms with Gasteiger partial charge in [-0.2, -0.15) is 5.26 Å². The van der Waals surface area contributed by atoms with Crippen LogP contribution in [-0.4, -0.2) is 18.9 Å². The summed E-state index contributed by atoms with van der Waals surface area (Å²) in [5, 5.41) is 14.7. The maximum Gasteiger partial charge on any atom is 0.255 e. The Morgan fingerprint density at radius 1 is 0.862 bits per heavy atom. The van der Waals surface area contributed by atoms with Crippen molar-refractivity contribution >= 4 is 23.2 Å². The summed E-state index contributed by atoms with van der Waals surface area (Å²) in [6.45, 7) is 1.92. The molecule has 0 aliphatic rings. The number of nitrogens with zero attached hydrogens (tertiary/aromatic N) is 1. The van der Waals surface area contributed by atoms with Crippen LogP contribution in [0.3, 0.4) is 0 Å². The number of para-hydroxylation sites is 1. The lowest BCUT2D eigenvalue weighted by atomic mass is 10.1. The van der Waals surface area contributed by atoms with Crippen molar-refractivity contribution in [1.82, 2.24) is 0 Å². The second-order valence-corrected chi connectivity index (χ2v) is 6.35. The molecule has 3 aromatic rings. The number of aryl methyl sites for hydroxylation is 1. The first kappa shape index (κ1) is 19.6. The zero-order valence-corrected chi connectivity index (χ0v) is 16.0. The average Bonchev–Trinajstić information content (AvgIpc) is 2.74. The number of methoxy groups -OCH3 is 1. The largest absolute Gasteiger partial charge is 0.495 e. The topological polar surface area (TPSA) is 91.2 Å². The third kappa shape index (κ3) is 4.60. The van der Waals surface area contributed by atoms with Gasteiger partial charge in [-0.15, -0.1) is 0 Å². The van der Waals surface area contributed by atoms with Gasteiger partial charge in [-0.25, -0.2) is 0 Å². The van der Waals surface area contributed by atoms with Crippen LogP contribution in [0.25, 0.3) is 0 Å². The van der Waals surface area contributed by atoms with Crippen molar-refractivity contribution < 1.29 is 14.3 Å². The lowest BCUT2D eigenvalue weighted by molar-refractivity contribution is 0.102. The standard InChI is InChI=1S/C23H19N3O3/c1-15-10-11-21(29-2)20(12-15)26-23(28)17-8-5-7-16(13-17)22(27)25-19-9-4-3-6-18(19)14-24/h3-13H,1-2H3,(H,25,27)(H,26,28). The van der Waals surface area contributed by atoms with Gasteiger partial charge in [0, 0.05) is 11.1 Å². The highest BCUT2D eigenvalue weighted by Crippen LogP contribution is 2.26. The van der Waals surface area contributed by atoms with Crippen molar-refractivity contribution in [3.8, 4) is 11.8 Å². The fourth-order valence-corrected chi connectivity index (χ4v) is 2.80. The van der Waals surface area contributed by atoms with E-state index in [-0.39, 0.29) is 5.91 Å². The minimum absolute atomic E-state index is 0.307. The normalized spacial score (nSPS) is 9.97. The second kappa shape index (κ2) is 8.72. The molecule has 0 aromatic heterocycles. The van der Waals surface area contributed by atoms with Gasteiger partial charge in [0.2, 0.25) is 0 Å². The SMILES string of the molecule is COc1ccc(C)cc1NC(=O)c1cccc(C(=O)Nc2ccccc2C#N)c1. The minimum atomic E-state index is -0.407. The summed E-state index contributed by atoms with van der Waals surface area (Å²) in [6.07, 6.45) is 0. The monoisotopic (exact) mass is 385 g/mol. The van der Waals surface area contributed by atoms with E-state index in [4.69, 9.17) is 10.00 Å². The van der Waals surface area contributed by atoms with Gasteiger partial charge in [-0.1, -0.05) is 24.3 Å². The summed E-state index contributed by atoms with van der Waals surface area (Å²) in [5.74, 6) is -0.220. The summed E-state index contributed by atoms with van der Waals surface area (Å²) in [6, 6.07) is 20.6. The molecule has 3 rings (SSSR count). The van der Waals surface area contributed by atoms with Gasteiger partial charge in [0.05, 0.1) is 24.0 Å². The van der Waals surface area contributed by atoms with E-state index in [0.29, 0.717) is 33.8 Å². The summed E-state index contributed by atoms with van der Waals surface area (Å²) in [7, 11) is 1.53. The first-order valence-corrected chi connectivity index (χ1v) is 8.88. The Morgan fingerprint density at radius 2 is 1.52 bits per heavy atom. The number of amides is 2. The molecule has 0 fully saturated rings. The molecule has 2 amide bonds. The Morgan fingerprint density at radius 3 is 2.17 bits per heavy atom. The van der Waals surface area contributed by atoms with E-state index in [1.807, 2.05) is 25.1 Å². The molecule has 0 atom stereocenters. The Kier molecular flexibility index (Phi) is 5.91. The van der Waals surface area contributed by atoms with Gasteiger partial charge in [-0.05, 0) is 55.0 Å². The van der Waals surface area contributed by atoms with Crippen molar-refractivity contribution in [2.24, 2.45) is 0 Å². The lowest BCUT2D eigenvalue weighted by Gasteiger charge is -2.12. The van der Waals surface area contributed by atoms with Gasteiger partial charge >= 0.3 is 0 Å². The predicted octanol–water partition coefficient (Wildman–Crippen LogP) is 4.38. The first-order chi connectivity index (χ1) is 14.0. The van der Waals surface area contributed by atoms with Crippen LogP contribution in [0.2, 0.25) is 0 Å². The van der Waals surface area contributed by atoms with Crippen LogP contribution >= 0.6 is 0 Å². The smallest absolute Gasteiger partial charge is 0.255 e. The molecule has 0 bridgehead atoms. The zero-order valence-electron chi connectivity index (χ0n) is 16.0. The molecule has 0 radical (unpaired) electrons. The number of hydrogen-bond acceptors (Lipinski definition) is 4. The average molecular weight is 385 g/mol. The zero-order chi connectivity index (χ0) is 20.8. The molecule has 0 spiro atoms. The van der Waals surface area contributed by atoms with E-state index in [1.165, 1.54) is 13.2 Å². The third-order valence-electron chi connectivity index (χ3n) is 4.29. The maximum absolute atomic E-state index is 12.7. The van der Waals surface area contributed by atoms with Crippen molar-refractivity contribution in [2.45, 2.75) is 6.92 Å². The highest BCUT2D eigenvalue weighted by Gasteiger charge is 2.14. The van der Waals surface area contributed by atoms with E-state index in [9.17, 15) is 9.59 Å². The molecule has 0 aliphatic heterocycles. The number of carbonyl (C=O) groups is 2. The summed E-state index contributed by atoms with van der Waals surface area (Å²) < 4.78 is 5.28. The van der Waals surface area contributed by atoms with Crippen molar-refractivity contribution in [2.75, 3.05) is 17.7 Å². The third-order valence-corrected chi connectivity index (χ3v) is 4.29. The van der Waals surface area contributed by atoms with E-state index < -0.39 is 5.91 Å². The van der Waals surface area contributed by atoms with E-state index in [0.717, 1.165) is 5.56 Å². The van der Waals surface area contributed by atoms with Crippen molar-refractivity contribution in [3.63, 3.8) is 0 Å². The second-order valence-electron chi connectivity index (χ2n) is 6.35. The lowest BCUT2D eigenvalue weighted by Crippen LogP contribution is -2.16. The minimum Gasteiger partial charge on any atom is -0.495 e. The van der Waals surface area contributed by atoms with Crippen LogP contribution in [0.1, 0.15) is 31.8 Å². The highest BCUT2D eigenvalue weighted by atomic mass is 16.5. The number of ether oxygens (including phenoxy) is 1. The summed E-state index contributed by atoms with van der Waals surface area (Å²) >= 11 is 0. The van der Waals surface area contributed by atoms with Crippen LogP contribution in [0, 0.1) is 18.3 Å². The Balaban J connectivity index is 1.80. The van der Waals surface area contributed by atoms with E-state index in [1.54, 1.807) is 48.5 Å². The number of rotatable bonds is 5. The molecule has 3 aromatic carbocycles. The van der Waals surface area contributed by atoms with Crippen LogP contribution < -0.4 is 15.4 Å². The molecule has 0 saturated heterocycles. The number of carbonyl (C=O) groups excluding carboxylic acids is 2. The first-order valence-electron chi connectivity index (χ1n) is 8.88. The van der Waals surface area contributed by atoms with Crippen LogP contribution in [0.5, 0.6) is 5.75 Å². The predicted molar refractivity (Wildman–Crippen MR) is 111 cm³/mol. The van der Waals surface area contributed by atoms with E-state index >= 15 is 0 Å². The van der Waals surface area contributed by atoms with Crippen LogP contribution in [0.15, 0.2) is 66.7 Å². The van der Waals surface area contributed by atoms with Gasteiger partial charge in [0.25, 0.3) is 11.8 Å². The fourth-order valence-electron chi connectivity index (χ4n) is 2.80. The Labute approximate surface area is 168 Å². The molecular weight excluding hydrogens is 366 g/mol. The molecule has 2 N–H and O–H groups in total. The molecule has 29 heavy (non-hydrogen) atoms. The van der Waals surface area contributed by atoms with Gasteiger partial charge < -0.3 is 15.4 Å². The molecule has 144 valence electrons. The quantitative estimate of drug-likeness (QED) is 0.682. The van der Waals surface area contributed by atoms with Gasteiger partial charge in [-0.3, -0.25) is 9.59 Å². The molecule has 6 heteroatoms.